The Morgan fingerprint density at radius 1 is 1.05 bits per heavy atom. The molecule has 0 aromatic heterocycles. The Hall–Kier alpha value is -2.33. The lowest BCUT2D eigenvalue weighted by Crippen LogP contribution is -2.12. The Morgan fingerprint density at radius 2 is 1.71 bits per heavy atom. The van der Waals surface area contributed by atoms with Crippen molar-refractivity contribution in [2.75, 3.05) is 0 Å². The van der Waals surface area contributed by atoms with Gasteiger partial charge < -0.3 is 9.84 Å². The van der Waals surface area contributed by atoms with Crippen LogP contribution < -0.4 is 4.74 Å². The summed E-state index contributed by atoms with van der Waals surface area (Å²) in [5, 5.41) is 9.61. The van der Waals surface area contributed by atoms with Crippen molar-refractivity contribution >= 4 is 23.5 Å². The van der Waals surface area contributed by atoms with Crippen LogP contribution in [0, 0.1) is 0 Å². The van der Waals surface area contributed by atoms with E-state index >= 15 is 0 Å². The summed E-state index contributed by atoms with van der Waals surface area (Å²) in [4.78, 5) is 22.8. The Labute approximate surface area is 126 Å². The number of hydrogen-bond acceptors (Lipinski definition) is 3. The lowest BCUT2D eigenvalue weighted by atomic mass is 10.1. The highest BCUT2D eigenvalue weighted by Crippen LogP contribution is 2.20. The Bertz CT molecular complexity index is 667. The zero-order chi connectivity index (χ0) is 15.2. The standard InChI is InChI=1S/C16H13ClO4/c17-13-7-3-1-5-11(13)9-10-15(18)21-14-8-4-2-6-12(14)16(19)20/h1-8H,9-10H2,(H,19,20). The van der Waals surface area contributed by atoms with Crippen LogP contribution in [-0.2, 0) is 11.2 Å². The molecule has 0 aliphatic rings. The summed E-state index contributed by atoms with van der Waals surface area (Å²) in [6.07, 6.45) is 0.561. The highest BCUT2D eigenvalue weighted by molar-refractivity contribution is 6.31. The van der Waals surface area contributed by atoms with Crippen LogP contribution in [0.4, 0.5) is 0 Å². The van der Waals surface area contributed by atoms with Gasteiger partial charge in [0.15, 0.2) is 0 Å². The van der Waals surface area contributed by atoms with E-state index in [-0.39, 0.29) is 17.7 Å². The molecule has 2 rings (SSSR count). The maximum atomic E-state index is 11.8. The molecule has 0 saturated heterocycles. The number of esters is 1. The predicted octanol–water partition coefficient (Wildman–Crippen LogP) is 3.58. The fourth-order valence-electron chi connectivity index (χ4n) is 1.84. The summed E-state index contributed by atoms with van der Waals surface area (Å²) in [5.41, 5.74) is 0.811. The van der Waals surface area contributed by atoms with E-state index in [9.17, 15) is 9.59 Å². The lowest BCUT2D eigenvalue weighted by molar-refractivity contribution is -0.134. The summed E-state index contributed by atoms with van der Waals surface area (Å²) < 4.78 is 5.11. The maximum Gasteiger partial charge on any atom is 0.339 e. The molecule has 0 fully saturated rings. The number of aromatic carboxylic acids is 1. The van der Waals surface area contributed by atoms with Crippen molar-refractivity contribution in [1.29, 1.82) is 0 Å². The van der Waals surface area contributed by atoms with Crippen molar-refractivity contribution in [3.05, 3.63) is 64.7 Å². The first kappa shape index (κ1) is 15.1. The van der Waals surface area contributed by atoms with Crippen molar-refractivity contribution in [3.63, 3.8) is 0 Å². The molecule has 4 nitrogen and oxygen atoms in total. The number of carbonyl (C=O) groups excluding carboxylic acids is 1. The smallest absolute Gasteiger partial charge is 0.339 e. The zero-order valence-corrected chi connectivity index (χ0v) is 11.8. The van der Waals surface area contributed by atoms with Crippen molar-refractivity contribution in [2.45, 2.75) is 12.8 Å². The van der Waals surface area contributed by atoms with Gasteiger partial charge in [0.1, 0.15) is 11.3 Å². The highest BCUT2D eigenvalue weighted by Gasteiger charge is 2.14. The van der Waals surface area contributed by atoms with E-state index in [1.165, 1.54) is 12.1 Å². The quantitative estimate of drug-likeness (QED) is 0.677. The summed E-state index contributed by atoms with van der Waals surface area (Å²) in [5.74, 6) is -1.58. The third-order valence-corrected chi connectivity index (χ3v) is 3.27. The third kappa shape index (κ3) is 4.07. The monoisotopic (exact) mass is 304 g/mol. The van der Waals surface area contributed by atoms with Gasteiger partial charge in [-0.1, -0.05) is 41.9 Å². The fourth-order valence-corrected chi connectivity index (χ4v) is 2.07. The lowest BCUT2D eigenvalue weighted by Gasteiger charge is -2.07. The highest BCUT2D eigenvalue weighted by atomic mass is 35.5. The number of carbonyl (C=O) groups is 2. The molecular weight excluding hydrogens is 292 g/mol. The van der Waals surface area contributed by atoms with Crippen molar-refractivity contribution in [1.82, 2.24) is 0 Å². The molecule has 0 saturated carbocycles. The van der Waals surface area contributed by atoms with Crippen molar-refractivity contribution < 1.29 is 19.4 Å². The first-order valence-corrected chi connectivity index (χ1v) is 6.72. The van der Waals surface area contributed by atoms with Crippen LogP contribution in [0.1, 0.15) is 22.3 Å². The van der Waals surface area contributed by atoms with Gasteiger partial charge in [0.25, 0.3) is 0 Å². The number of ether oxygens (including phenoxy) is 1. The minimum absolute atomic E-state index is 0.0383. The summed E-state index contributed by atoms with van der Waals surface area (Å²) in [6.45, 7) is 0. The fraction of sp³-hybridized carbons (Fsp3) is 0.125. The van der Waals surface area contributed by atoms with Crippen molar-refractivity contribution in [3.8, 4) is 5.75 Å². The van der Waals surface area contributed by atoms with E-state index in [0.717, 1.165) is 5.56 Å². The average molecular weight is 305 g/mol. The number of rotatable bonds is 5. The minimum atomic E-state index is -1.13. The van der Waals surface area contributed by atoms with Crippen LogP contribution in [0.25, 0.3) is 0 Å². The number of aryl methyl sites for hydroxylation is 1. The molecule has 0 aliphatic heterocycles. The van der Waals surface area contributed by atoms with Gasteiger partial charge in [-0.05, 0) is 30.2 Å². The molecule has 0 spiro atoms. The molecule has 0 aliphatic carbocycles. The van der Waals surface area contributed by atoms with Crippen LogP contribution in [0.5, 0.6) is 5.75 Å². The van der Waals surface area contributed by atoms with Crippen LogP contribution >= 0.6 is 11.6 Å². The van der Waals surface area contributed by atoms with Crippen LogP contribution in [-0.4, -0.2) is 17.0 Å². The molecule has 0 heterocycles. The topological polar surface area (TPSA) is 63.6 Å². The molecule has 0 atom stereocenters. The predicted molar refractivity (Wildman–Crippen MR) is 78.8 cm³/mol. The van der Waals surface area contributed by atoms with Crippen molar-refractivity contribution in [2.24, 2.45) is 0 Å². The maximum absolute atomic E-state index is 11.8. The summed E-state index contributed by atoms with van der Waals surface area (Å²) in [6, 6.07) is 13.3. The minimum Gasteiger partial charge on any atom is -0.478 e. The van der Waals surface area contributed by atoms with Crippen LogP contribution in [0.15, 0.2) is 48.5 Å². The molecule has 5 heteroatoms. The Balaban J connectivity index is 2.00. The van der Waals surface area contributed by atoms with Gasteiger partial charge in [0.05, 0.1) is 6.42 Å². The molecule has 0 bridgehead atoms. The number of para-hydroxylation sites is 1. The molecule has 2 aromatic rings. The van der Waals surface area contributed by atoms with Gasteiger partial charge in [-0.25, -0.2) is 4.79 Å². The Morgan fingerprint density at radius 3 is 2.43 bits per heavy atom. The zero-order valence-electron chi connectivity index (χ0n) is 11.1. The number of carboxylic acids is 1. The van der Waals surface area contributed by atoms with Gasteiger partial charge in [-0.3, -0.25) is 4.79 Å². The van der Waals surface area contributed by atoms with E-state index in [1.54, 1.807) is 18.2 Å². The van der Waals surface area contributed by atoms with Gasteiger partial charge in [0.2, 0.25) is 0 Å². The summed E-state index contributed by atoms with van der Waals surface area (Å²) >= 11 is 6.00. The average Bonchev–Trinajstić information content (AvgIpc) is 2.47. The van der Waals surface area contributed by atoms with E-state index < -0.39 is 11.9 Å². The SMILES string of the molecule is O=C(CCc1ccccc1Cl)Oc1ccccc1C(=O)O. The first-order valence-electron chi connectivity index (χ1n) is 6.34. The molecule has 2 aromatic carbocycles. The number of halogens is 1. The summed E-state index contributed by atoms with van der Waals surface area (Å²) in [7, 11) is 0. The second-order valence-electron chi connectivity index (χ2n) is 4.37. The molecule has 1 N–H and O–H groups in total. The number of hydrogen-bond donors (Lipinski definition) is 1. The van der Waals surface area contributed by atoms with E-state index in [1.807, 2.05) is 18.2 Å². The van der Waals surface area contributed by atoms with Gasteiger partial charge >= 0.3 is 11.9 Å². The third-order valence-electron chi connectivity index (χ3n) is 2.90. The Kier molecular flexibility index (Phi) is 4.95. The molecule has 0 amide bonds. The van der Waals surface area contributed by atoms with Crippen LogP contribution in [0.2, 0.25) is 5.02 Å². The second kappa shape index (κ2) is 6.90. The van der Waals surface area contributed by atoms with Gasteiger partial charge in [0, 0.05) is 5.02 Å². The van der Waals surface area contributed by atoms with E-state index in [0.29, 0.717) is 11.4 Å². The van der Waals surface area contributed by atoms with Gasteiger partial charge in [-0.2, -0.15) is 0 Å². The largest absolute Gasteiger partial charge is 0.478 e. The second-order valence-corrected chi connectivity index (χ2v) is 4.77. The van der Waals surface area contributed by atoms with E-state index in [2.05, 4.69) is 0 Å². The van der Waals surface area contributed by atoms with E-state index in [4.69, 9.17) is 21.4 Å². The number of carboxylic acid groups (broad SMARTS) is 1. The molecular formula is C16H13ClO4. The molecule has 0 radical (unpaired) electrons. The normalized spacial score (nSPS) is 10.1. The molecule has 0 unspecified atom stereocenters. The number of benzene rings is 2. The van der Waals surface area contributed by atoms with Gasteiger partial charge in [-0.15, -0.1) is 0 Å². The molecule has 21 heavy (non-hydrogen) atoms. The van der Waals surface area contributed by atoms with Crippen LogP contribution in [0.3, 0.4) is 0 Å². The molecule has 108 valence electrons. The first-order chi connectivity index (χ1) is 10.1.